The number of carbonyl (C=O) groups is 1. The molecule has 0 radical (unpaired) electrons. The van der Waals surface area contributed by atoms with Crippen molar-refractivity contribution in [3.05, 3.63) is 50.6 Å². The van der Waals surface area contributed by atoms with Crippen LogP contribution in [0.2, 0.25) is 0 Å². The summed E-state index contributed by atoms with van der Waals surface area (Å²) in [7, 11) is 0. The van der Waals surface area contributed by atoms with Crippen molar-refractivity contribution < 1.29 is 4.79 Å². The van der Waals surface area contributed by atoms with E-state index in [1.165, 1.54) is 34.2 Å². The first kappa shape index (κ1) is 17.9. The number of aryl methyl sites for hydroxylation is 2. The number of nitrogens with one attached hydrogen (secondary N) is 1. The van der Waals surface area contributed by atoms with Crippen molar-refractivity contribution in [1.82, 2.24) is 9.97 Å². The van der Waals surface area contributed by atoms with Gasteiger partial charge >= 0.3 is 0 Å². The molecule has 7 heteroatoms. The van der Waals surface area contributed by atoms with Gasteiger partial charge in [-0.2, -0.15) is 0 Å². The summed E-state index contributed by atoms with van der Waals surface area (Å²) in [4.78, 5) is 37.1. The summed E-state index contributed by atoms with van der Waals surface area (Å²) in [6.45, 7) is 2.07. The van der Waals surface area contributed by atoms with Gasteiger partial charge in [0.05, 0.1) is 11.1 Å². The van der Waals surface area contributed by atoms with E-state index >= 15 is 0 Å². The number of fused-ring (bicyclic) bond motifs is 4. The van der Waals surface area contributed by atoms with Gasteiger partial charge in [0, 0.05) is 16.6 Å². The number of aromatic nitrogens is 2. The molecule has 2 aromatic heterocycles. The zero-order valence-electron chi connectivity index (χ0n) is 15.7. The molecule has 0 bridgehead atoms. The van der Waals surface area contributed by atoms with Gasteiger partial charge in [0.2, 0.25) is 5.91 Å². The highest BCUT2D eigenvalue weighted by atomic mass is 32.2. The zero-order valence-corrected chi connectivity index (χ0v) is 17.3. The lowest BCUT2D eigenvalue weighted by molar-refractivity contribution is -0.116. The van der Waals surface area contributed by atoms with E-state index in [2.05, 4.69) is 23.0 Å². The van der Waals surface area contributed by atoms with E-state index in [-0.39, 0.29) is 23.3 Å². The van der Waals surface area contributed by atoms with Crippen molar-refractivity contribution in [2.24, 2.45) is 0 Å². The highest BCUT2D eigenvalue weighted by molar-refractivity contribution is 7.99. The number of amides is 1. The van der Waals surface area contributed by atoms with Gasteiger partial charge in [0.25, 0.3) is 5.56 Å². The largest absolute Gasteiger partial charge is 0.308 e. The second-order valence-corrected chi connectivity index (χ2v) is 9.54. The molecular weight excluding hydrogens is 390 g/mol. The van der Waals surface area contributed by atoms with Crippen molar-refractivity contribution in [2.75, 3.05) is 10.7 Å². The van der Waals surface area contributed by atoms with E-state index in [1.54, 1.807) is 11.3 Å². The van der Waals surface area contributed by atoms with Gasteiger partial charge in [-0.1, -0.05) is 30.0 Å². The Kier molecular flexibility index (Phi) is 4.51. The number of aromatic amines is 1. The molecule has 0 fully saturated rings. The van der Waals surface area contributed by atoms with Crippen molar-refractivity contribution >= 4 is 44.9 Å². The van der Waals surface area contributed by atoms with Crippen LogP contribution in [0.4, 0.5) is 5.69 Å². The van der Waals surface area contributed by atoms with E-state index in [4.69, 9.17) is 0 Å². The predicted molar refractivity (Wildman–Crippen MR) is 115 cm³/mol. The SMILES string of the molecule is CC1Cc2ccccc2N1C(=O)CSc1nc2sc3c(c2c(=O)[nH]1)CCCC3. The standard InChI is InChI=1S/C21H21N3O2S2/c1-12-10-13-6-2-4-8-15(13)24(12)17(25)11-27-21-22-19(26)18-14-7-3-5-9-16(14)28-20(18)23-21/h2,4,6,8,12H,3,5,7,9-11H2,1H3,(H,22,23,26). The van der Waals surface area contributed by atoms with Crippen LogP contribution in [0, 0.1) is 0 Å². The highest BCUT2D eigenvalue weighted by Crippen LogP contribution is 2.35. The molecule has 5 nitrogen and oxygen atoms in total. The van der Waals surface area contributed by atoms with E-state index in [0.29, 0.717) is 5.16 Å². The van der Waals surface area contributed by atoms with Crippen LogP contribution in [0.15, 0.2) is 34.2 Å². The van der Waals surface area contributed by atoms with Crippen LogP contribution in [-0.4, -0.2) is 27.7 Å². The van der Waals surface area contributed by atoms with E-state index in [0.717, 1.165) is 41.6 Å². The summed E-state index contributed by atoms with van der Waals surface area (Å²) in [5, 5.41) is 1.29. The third-order valence-electron chi connectivity index (χ3n) is 5.61. The molecule has 1 unspecified atom stereocenters. The molecule has 5 rings (SSSR count). The van der Waals surface area contributed by atoms with Crippen LogP contribution in [-0.2, 0) is 24.1 Å². The predicted octanol–water partition coefficient (Wildman–Crippen LogP) is 3.93. The third-order valence-corrected chi connectivity index (χ3v) is 7.66. The summed E-state index contributed by atoms with van der Waals surface area (Å²) < 4.78 is 0. The Morgan fingerprint density at radius 2 is 2.14 bits per heavy atom. The maximum atomic E-state index is 12.9. The van der Waals surface area contributed by atoms with Crippen LogP contribution in [0.25, 0.3) is 10.2 Å². The Labute approximate surface area is 171 Å². The highest BCUT2D eigenvalue weighted by Gasteiger charge is 2.30. The fourth-order valence-electron chi connectivity index (χ4n) is 4.36. The zero-order chi connectivity index (χ0) is 19.3. The quantitative estimate of drug-likeness (QED) is 0.524. The van der Waals surface area contributed by atoms with Gasteiger partial charge in [-0.3, -0.25) is 9.59 Å². The molecule has 28 heavy (non-hydrogen) atoms. The molecule has 0 saturated carbocycles. The number of thiophene rings is 1. The maximum Gasteiger partial charge on any atom is 0.260 e. The number of benzene rings is 1. The first-order valence-electron chi connectivity index (χ1n) is 9.69. The Morgan fingerprint density at radius 1 is 1.32 bits per heavy atom. The monoisotopic (exact) mass is 411 g/mol. The van der Waals surface area contributed by atoms with E-state index in [9.17, 15) is 9.59 Å². The number of H-pyrrole nitrogens is 1. The Bertz CT molecular complexity index is 1130. The number of rotatable bonds is 3. The van der Waals surface area contributed by atoms with Crippen molar-refractivity contribution in [2.45, 2.75) is 50.2 Å². The number of carbonyl (C=O) groups excluding carboxylic acids is 1. The molecule has 3 heterocycles. The molecule has 144 valence electrons. The minimum atomic E-state index is -0.0702. The van der Waals surface area contributed by atoms with E-state index < -0.39 is 0 Å². The molecular formula is C21H21N3O2S2. The number of anilines is 1. The van der Waals surface area contributed by atoms with Gasteiger partial charge in [0.1, 0.15) is 4.83 Å². The van der Waals surface area contributed by atoms with Crippen LogP contribution in [0.1, 0.15) is 35.8 Å². The summed E-state index contributed by atoms with van der Waals surface area (Å²) in [5.41, 5.74) is 3.34. The lowest BCUT2D eigenvalue weighted by Crippen LogP contribution is -2.37. The van der Waals surface area contributed by atoms with E-state index in [1.807, 2.05) is 23.1 Å². The number of para-hydroxylation sites is 1. The minimum Gasteiger partial charge on any atom is -0.308 e. The van der Waals surface area contributed by atoms with Gasteiger partial charge in [-0.25, -0.2) is 4.98 Å². The summed E-state index contributed by atoms with van der Waals surface area (Å²) >= 11 is 2.95. The van der Waals surface area contributed by atoms with Crippen LogP contribution < -0.4 is 10.5 Å². The molecule has 0 spiro atoms. The topological polar surface area (TPSA) is 66.1 Å². The van der Waals surface area contributed by atoms with Crippen LogP contribution >= 0.6 is 23.1 Å². The summed E-state index contributed by atoms with van der Waals surface area (Å²) in [6.07, 6.45) is 5.22. The van der Waals surface area contributed by atoms with Gasteiger partial charge in [0.15, 0.2) is 5.16 Å². The second-order valence-electron chi connectivity index (χ2n) is 7.50. The van der Waals surface area contributed by atoms with Crippen LogP contribution in [0.5, 0.6) is 0 Å². The second kappa shape index (κ2) is 7.04. The summed E-state index contributed by atoms with van der Waals surface area (Å²) in [5.74, 6) is 0.314. The molecule has 0 saturated heterocycles. The molecule has 1 aromatic carbocycles. The number of thioether (sulfide) groups is 1. The molecule has 1 atom stereocenters. The molecule has 1 aliphatic carbocycles. The lowest BCUT2D eigenvalue weighted by Gasteiger charge is -2.22. The molecule has 1 N–H and O–H groups in total. The van der Waals surface area contributed by atoms with Crippen LogP contribution in [0.3, 0.4) is 0 Å². The Hall–Kier alpha value is -2.12. The normalized spacial score (nSPS) is 18.3. The summed E-state index contributed by atoms with van der Waals surface area (Å²) in [6, 6.07) is 8.22. The van der Waals surface area contributed by atoms with Gasteiger partial charge in [-0.05, 0) is 56.2 Å². The number of nitrogens with zero attached hydrogens (tertiary/aromatic N) is 2. The average Bonchev–Trinajstić information content (AvgIpc) is 3.22. The fourth-order valence-corrected chi connectivity index (χ4v) is 6.40. The first-order valence-corrected chi connectivity index (χ1v) is 11.5. The lowest BCUT2D eigenvalue weighted by atomic mass is 9.97. The molecule has 1 aliphatic heterocycles. The smallest absolute Gasteiger partial charge is 0.260 e. The minimum absolute atomic E-state index is 0.0515. The number of hydrogen-bond donors (Lipinski definition) is 1. The third kappa shape index (κ3) is 2.97. The number of hydrogen-bond acceptors (Lipinski definition) is 5. The Morgan fingerprint density at radius 3 is 3.04 bits per heavy atom. The van der Waals surface area contributed by atoms with Crippen molar-refractivity contribution in [3.63, 3.8) is 0 Å². The molecule has 2 aliphatic rings. The Balaban J connectivity index is 1.38. The van der Waals surface area contributed by atoms with Crippen molar-refractivity contribution in [3.8, 4) is 0 Å². The van der Waals surface area contributed by atoms with Gasteiger partial charge < -0.3 is 9.88 Å². The maximum absolute atomic E-state index is 12.9. The fraction of sp³-hybridized carbons (Fsp3) is 0.381. The molecule has 3 aromatic rings. The van der Waals surface area contributed by atoms with Crippen molar-refractivity contribution in [1.29, 1.82) is 0 Å². The molecule has 1 amide bonds. The average molecular weight is 412 g/mol. The van der Waals surface area contributed by atoms with Gasteiger partial charge in [-0.15, -0.1) is 11.3 Å². The first-order chi connectivity index (χ1) is 13.6.